The SMILES string of the molecule is C[C@H](c1ccccc1)N(CC(=O)N(CC(=O)N(CCCCN)CC(=O)N(CCCCN)CC(=O)N(CC(=O)N(CCCCN)CC(=O)N(CC(=O)N(CC(=O)N(CCCCN)CC(=O)N(CCCCN)CC(=O)N(CC(N)=O)[C@@H](C)c1ccccc1)[C@@H](C)c1ccccc1)[C@H](C)c1ccccc1)[C@@H](C)c1ccccc1)[C@@H](C)c1ccccc1)C(=O)CNCCCCN. The predicted octanol–water partition coefficient (Wildman–Crippen LogP) is 6.18. The van der Waals surface area contributed by atoms with Crippen molar-refractivity contribution in [1.29, 1.82) is 0 Å². The molecule has 6 atom stereocenters. The van der Waals surface area contributed by atoms with Gasteiger partial charge in [-0.15, -0.1) is 0 Å². The van der Waals surface area contributed by atoms with Crippen molar-refractivity contribution in [1.82, 2.24) is 59.2 Å². The number of nitrogens with zero attached hydrogens (tertiary/aromatic N) is 11. The summed E-state index contributed by atoms with van der Waals surface area (Å²) >= 11 is 0. The Hall–Kier alpha value is -11.3. The van der Waals surface area contributed by atoms with E-state index in [1.807, 2.05) is 104 Å². The summed E-state index contributed by atoms with van der Waals surface area (Å²) in [4.78, 5) is 195. The van der Waals surface area contributed by atoms with E-state index in [2.05, 4.69) is 5.32 Å². The molecule has 0 aliphatic rings. The van der Waals surface area contributed by atoms with Crippen molar-refractivity contribution in [2.75, 3.05) is 157 Å². The van der Waals surface area contributed by atoms with E-state index < -0.39 is 173 Å². The molecule has 692 valence electrons. The first-order valence-electron chi connectivity index (χ1n) is 44.9. The Bertz CT molecular complexity index is 4320. The van der Waals surface area contributed by atoms with Gasteiger partial charge in [0.2, 0.25) is 70.9 Å². The first-order valence-corrected chi connectivity index (χ1v) is 44.9. The molecule has 0 bridgehead atoms. The van der Waals surface area contributed by atoms with Gasteiger partial charge >= 0.3 is 0 Å². The van der Waals surface area contributed by atoms with E-state index in [1.165, 1.54) is 53.9 Å². The van der Waals surface area contributed by atoms with Crippen LogP contribution >= 0.6 is 0 Å². The number of rotatable bonds is 60. The van der Waals surface area contributed by atoms with Gasteiger partial charge in [-0.05, 0) is 198 Å². The van der Waals surface area contributed by atoms with E-state index >= 15 is 38.4 Å². The van der Waals surface area contributed by atoms with Crippen molar-refractivity contribution >= 4 is 70.9 Å². The van der Waals surface area contributed by atoms with Crippen LogP contribution in [0.3, 0.4) is 0 Å². The second-order valence-corrected chi connectivity index (χ2v) is 32.3. The number of carbonyl (C=O) groups is 12. The molecule has 0 aliphatic carbocycles. The van der Waals surface area contributed by atoms with Crippen LogP contribution in [0.1, 0.15) is 188 Å². The lowest BCUT2D eigenvalue weighted by atomic mass is 10.1. The molecule has 0 fully saturated rings. The lowest BCUT2D eigenvalue weighted by Gasteiger charge is -2.37. The smallest absolute Gasteiger partial charge is 0.243 e. The van der Waals surface area contributed by atoms with Gasteiger partial charge in [-0.1, -0.05) is 182 Å². The number of hydrogen-bond donors (Lipinski definition) is 8. The zero-order valence-corrected chi connectivity index (χ0v) is 75.6. The Morgan fingerprint density at radius 3 is 0.614 bits per heavy atom. The maximum absolute atomic E-state index is 15.8. The molecule has 0 heterocycles. The Labute approximate surface area is 751 Å². The van der Waals surface area contributed by atoms with Crippen molar-refractivity contribution in [3.63, 3.8) is 0 Å². The van der Waals surface area contributed by atoms with Gasteiger partial charge in [-0.25, -0.2) is 0 Å². The van der Waals surface area contributed by atoms with Crippen LogP contribution in [0.15, 0.2) is 182 Å². The zero-order chi connectivity index (χ0) is 92.6. The average molecular weight is 1750 g/mol. The molecule has 0 saturated carbocycles. The first-order chi connectivity index (χ1) is 61.2. The van der Waals surface area contributed by atoms with Crippen molar-refractivity contribution in [2.24, 2.45) is 40.1 Å². The Balaban J connectivity index is 1.34. The normalized spacial score (nSPS) is 12.5. The van der Waals surface area contributed by atoms with Gasteiger partial charge in [0.25, 0.3) is 0 Å². The van der Waals surface area contributed by atoms with Crippen LogP contribution in [0.25, 0.3) is 0 Å². The molecule has 15 N–H and O–H groups in total. The highest BCUT2D eigenvalue weighted by molar-refractivity contribution is 5.96. The van der Waals surface area contributed by atoms with Crippen LogP contribution in [0.2, 0.25) is 0 Å². The Kier molecular flexibility index (Phi) is 47.2. The van der Waals surface area contributed by atoms with Crippen LogP contribution in [0, 0.1) is 0 Å². The fourth-order valence-corrected chi connectivity index (χ4v) is 15.2. The largest absolute Gasteiger partial charge is 0.368 e. The number of unbranched alkanes of at least 4 members (excludes halogenated alkanes) is 6. The van der Waals surface area contributed by atoms with E-state index in [0.717, 1.165) is 24.0 Å². The standard InChI is InChI=1S/C96H141N19O12/c1-73(79-37-13-7-14-38-79)110(62-85(103)116)92(123)65-107(58-34-28-52-100)87(118)63-105(56-32-26-50-98)90(121)70-114(77(5)83-45-21-11-22-46-83)96(127)72-115(78(6)84-47-23-12-24-48-84)94(125)67-109(60-36-30-54-102)91(122)68-112(75(3)81-41-17-9-18-42-81)93(124)66-108(59-35-29-53-101)88(119)64-106(57-33-27-51-99)89(120)69-113(76(4)82-43-19-10-20-44-82)95(126)71-111(74(2)80-39-15-8-16-40-80)86(117)61-104-55-31-25-49-97/h7-24,37-48,73-78,104H,25-36,49-72,97-102H2,1-6H3,(H2,103,116)/t73-,74+,75-,76-,77-,78+/m0/s1. The molecule has 31 heteroatoms. The van der Waals surface area contributed by atoms with Gasteiger partial charge in [0.1, 0.15) is 32.7 Å². The molecule has 0 aromatic heterocycles. The molecule has 0 spiro atoms. The van der Waals surface area contributed by atoms with E-state index in [4.69, 9.17) is 40.1 Å². The summed E-state index contributed by atoms with van der Waals surface area (Å²) in [6.07, 6.45) is 5.67. The minimum absolute atomic E-state index is 0.0137. The van der Waals surface area contributed by atoms with Crippen LogP contribution in [0.5, 0.6) is 0 Å². The molecule has 0 unspecified atom stereocenters. The van der Waals surface area contributed by atoms with Crippen molar-refractivity contribution in [3.8, 4) is 0 Å². The molecular weight excluding hydrogens is 1610 g/mol. The minimum Gasteiger partial charge on any atom is -0.368 e. The van der Waals surface area contributed by atoms with Crippen LogP contribution in [-0.4, -0.2) is 282 Å². The summed E-state index contributed by atoms with van der Waals surface area (Å²) in [6, 6.07) is 50.2. The van der Waals surface area contributed by atoms with E-state index in [9.17, 15) is 19.2 Å². The Morgan fingerprint density at radius 1 is 0.228 bits per heavy atom. The average Bonchev–Trinajstić information content (AvgIpc) is 0.821. The quantitative estimate of drug-likeness (QED) is 0.0198. The summed E-state index contributed by atoms with van der Waals surface area (Å²) in [6.45, 7) is 7.33. The van der Waals surface area contributed by atoms with Crippen molar-refractivity contribution in [2.45, 2.75) is 155 Å². The fraction of sp³-hybridized carbons (Fsp3) is 0.500. The summed E-state index contributed by atoms with van der Waals surface area (Å²) in [5.74, 6) is -7.20. The number of primary amides is 1. The molecule has 0 saturated heterocycles. The second-order valence-electron chi connectivity index (χ2n) is 32.3. The fourth-order valence-electron chi connectivity index (χ4n) is 15.2. The molecule has 6 aromatic carbocycles. The van der Waals surface area contributed by atoms with E-state index in [-0.39, 0.29) is 71.4 Å². The molecule has 31 nitrogen and oxygen atoms in total. The minimum atomic E-state index is -0.840. The van der Waals surface area contributed by atoms with Gasteiger partial charge in [-0.2, -0.15) is 0 Å². The number of benzene rings is 6. The van der Waals surface area contributed by atoms with Crippen LogP contribution in [0.4, 0.5) is 0 Å². The number of amides is 12. The molecule has 6 rings (SSSR count). The lowest BCUT2D eigenvalue weighted by molar-refractivity contribution is -0.151. The highest BCUT2D eigenvalue weighted by Crippen LogP contribution is 2.29. The zero-order valence-electron chi connectivity index (χ0n) is 75.6. The number of nitrogens with two attached hydrogens (primary N) is 7. The molecule has 127 heavy (non-hydrogen) atoms. The molecule has 12 amide bonds. The molecular formula is C96H141N19O12. The number of hydrogen-bond acceptors (Lipinski definition) is 19. The van der Waals surface area contributed by atoms with Gasteiger partial charge < -0.3 is 99.4 Å². The topological polar surface area (TPSA) is 435 Å². The monoisotopic (exact) mass is 1750 g/mol. The third-order valence-electron chi connectivity index (χ3n) is 23.2. The maximum Gasteiger partial charge on any atom is 0.243 e. The highest BCUT2D eigenvalue weighted by atomic mass is 16.2. The Morgan fingerprint density at radius 2 is 0.402 bits per heavy atom. The van der Waals surface area contributed by atoms with E-state index in [0.29, 0.717) is 106 Å². The third-order valence-corrected chi connectivity index (χ3v) is 23.2. The van der Waals surface area contributed by atoms with Crippen LogP contribution < -0.4 is 45.5 Å². The van der Waals surface area contributed by atoms with E-state index in [1.54, 1.807) is 120 Å². The van der Waals surface area contributed by atoms with Gasteiger partial charge in [0.05, 0.1) is 82.1 Å². The first kappa shape index (κ1) is 104. The summed E-state index contributed by atoms with van der Waals surface area (Å²) in [5.41, 5.74) is 45.8. The predicted molar refractivity (Wildman–Crippen MR) is 494 cm³/mol. The van der Waals surface area contributed by atoms with Gasteiger partial charge in [-0.3, -0.25) is 57.5 Å². The van der Waals surface area contributed by atoms with Crippen molar-refractivity contribution < 1.29 is 57.5 Å². The lowest BCUT2D eigenvalue weighted by Crippen LogP contribution is -2.53. The summed E-state index contributed by atoms with van der Waals surface area (Å²) in [5, 5.41) is 3.20. The van der Waals surface area contributed by atoms with Gasteiger partial charge in [0, 0.05) is 32.7 Å². The van der Waals surface area contributed by atoms with Crippen molar-refractivity contribution in [3.05, 3.63) is 215 Å². The third kappa shape index (κ3) is 34.8. The second kappa shape index (κ2) is 57.4. The maximum atomic E-state index is 15.8. The number of carbonyl (C=O) groups excluding carboxylic acids is 12. The summed E-state index contributed by atoms with van der Waals surface area (Å²) < 4.78 is 0. The molecule has 0 radical (unpaired) electrons. The summed E-state index contributed by atoms with van der Waals surface area (Å²) in [7, 11) is 0. The highest BCUT2D eigenvalue weighted by Gasteiger charge is 2.38. The molecule has 6 aromatic rings. The number of nitrogens with one attached hydrogen (secondary N) is 1. The molecule has 0 aliphatic heterocycles. The van der Waals surface area contributed by atoms with Crippen LogP contribution in [-0.2, 0) is 57.5 Å². The van der Waals surface area contributed by atoms with Gasteiger partial charge in [0.15, 0.2) is 0 Å².